The highest BCUT2D eigenvalue weighted by Gasteiger charge is 2.49. The lowest BCUT2D eigenvalue weighted by atomic mass is 10.2. The molecule has 0 bridgehead atoms. The Bertz CT molecular complexity index is 959. The van der Waals surface area contributed by atoms with Gasteiger partial charge in [-0.25, -0.2) is 4.79 Å². The fourth-order valence-electron chi connectivity index (χ4n) is 1.83. The third kappa shape index (κ3) is 4.94. The molecule has 0 N–H and O–H groups in total. The smallest absolute Gasteiger partial charge is 0.457 e. The van der Waals surface area contributed by atoms with Gasteiger partial charge in [0.2, 0.25) is 0 Å². The molecular formula is C15H10F3NO7S. The Kier molecular flexibility index (Phi) is 5.69. The van der Waals surface area contributed by atoms with Gasteiger partial charge in [-0.05, 0) is 11.6 Å². The van der Waals surface area contributed by atoms with E-state index < -0.39 is 43.5 Å². The largest absolute Gasteiger partial charge is 0.534 e. The van der Waals surface area contributed by atoms with Crippen molar-refractivity contribution in [3.05, 3.63) is 69.8 Å². The van der Waals surface area contributed by atoms with Crippen molar-refractivity contribution in [2.45, 2.75) is 12.1 Å². The number of carbonyl (C=O) groups excluding carboxylic acids is 1. The van der Waals surface area contributed by atoms with Gasteiger partial charge in [0.15, 0.2) is 5.75 Å². The number of esters is 1. The van der Waals surface area contributed by atoms with Crippen molar-refractivity contribution in [2.24, 2.45) is 0 Å². The molecule has 0 unspecified atom stereocenters. The number of benzene rings is 2. The van der Waals surface area contributed by atoms with Crippen molar-refractivity contribution in [2.75, 3.05) is 0 Å². The van der Waals surface area contributed by atoms with Crippen LogP contribution in [-0.2, 0) is 21.5 Å². The minimum Gasteiger partial charge on any atom is -0.457 e. The second-order valence-electron chi connectivity index (χ2n) is 4.98. The fraction of sp³-hybridized carbons (Fsp3) is 0.133. The van der Waals surface area contributed by atoms with Crippen LogP contribution in [0.2, 0.25) is 0 Å². The first-order valence-electron chi connectivity index (χ1n) is 7.01. The summed E-state index contributed by atoms with van der Waals surface area (Å²) in [5.41, 5.74) is -6.73. The summed E-state index contributed by atoms with van der Waals surface area (Å²) in [6, 6.07) is 9.98. The predicted molar refractivity (Wildman–Crippen MR) is 84.3 cm³/mol. The summed E-state index contributed by atoms with van der Waals surface area (Å²) < 4.78 is 68.6. The first kappa shape index (κ1) is 20.2. The van der Waals surface area contributed by atoms with Gasteiger partial charge in [0.05, 0.1) is 4.92 Å². The van der Waals surface area contributed by atoms with Crippen molar-refractivity contribution in [1.82, 2.24) is 0 Å². The molecule has 8 nitrogen and oxygen atoms in total. The zero-order valence-electron chi connectivity index (χ0n) is 13.2. The minimum absolute atomic E-state index is 0.298. The molecule has 0 heterocycles. The van der Waals surface area contributed by atoms with Crippen molar-refractivity contribution < 1.29 is 40.2 Å². The fourth-order valence-corrected chi connectivity index (χ4v) is 2.31. The average Bonchev–Trinajstić information content (AvgIpc) is 2.59. The highest BCUT2D eigenvalue weighted by atomic mass is 32.2. The zero-order valence-corrected chi connectivity index (χ0v) is 14.0. The molecule has 0 aliphatic carbocycles. The van der Waals surface area contributed by atoms with E-state index in [2.05, 4.69) is 4.18 Å². The maximum absolute atomic E-state index is 12.5. The zero-order chi connectivity index (χ0) is 20.2. The number of carbonyl (C=O) groups is 1. The number of nitro groups is 1. The van der Waals surface area contributed by atoms with Crippen LogP contribution in [0.15, 0.2) is 48.5 Å². The molecule has 0 saturated carbocycles. The van der Waals surface area contributed by atoms with Gasteiger partial charge < -0.3 is 8.92 Å². The third-order valence-corrected chi connectivity index (χ3v) is 4.06. The summed E-state index contributed by atoms with van der Waals surface area (Å²) in [7, 11) is -6.08. The molecule has 0 radical (unpaired) electrons. The molecule has 0 aromatic heterocycles. The summed E-state index contributed by atoms with van der Waals surface area (Å²) in [4.78, 5) is 22.1. The van der Waals surface area contributed by atoms with Gasteiger partial charge in [-0.1, -0.05) is 30.3 Å². The predicted octanol–water partition coefficient (Wildman–Crippen LogP) is 3.18. The van der Waals surface area contributed by atoms with E-state index >= 15 is 0 Å². The van der Waals surface area contributed by atoms with Gasteiger partial charge in [0.25, 0.3) is 5.69 Å². The number of alkyl halides is 3. The van der Waals surface area contributed by atoms with E-state index in [-0.39, 0.29) is 6.61 Å². The van der Waals surface area contributed by atoms with Crippen molar-refractivity contribution in [3.8, 4) is 5.75 Å². The Labute approximate surface area is 150 Å². The molecule has 0 saturated heterocycles. The number of nitrogens with zero attached hydrogens (tertiary/aromatic N) is 1. The van der Waals surface area contributed by atoms with Crippen molar-refractivity contribution in [1.29, 1.82) is 0 Å². The average molecular weight is 405 g/mol. The van der Waals surface area contributed by atoms with Crippen LogP contribution < -0.4 is 4.18 Å². The molecule has 0 spiro atoms. The van der Waals surface area contributed by atoms with Gasteiger partial charge in [-0.15, -0.1) is 0 Å². The maximum Gasteiger partial charge on any atom is 0.534 e. The quantitative estimate of drug-likeness (QED) is 0.238. The lowest BCUT2D eigenvalue weighted by Gasteiger charge is -2.12. The molecule has 0 amide bonds. The summed E-state index contributed by atoms with van der Waals surface area (Å²) in [6.45, 7) is -0.298. The molecular weight excluding hydrogens is 395 g/mol. The first-order valence-corrected chi connectivity index (χ1v) is 8.42. The molecule has 27 heavy (non-hydrogen) atoms. The summed E-state index contributed by atoms with van der Waals surface area (Å²) in [5.74, 6) is -2.34. The molecule has 12 heteroatoms. The molecule has 0 atom stereocenters. The van der Waals surface area contributed by atoms with Crippen molar-refractivity contribution in [3.63, 3.8) is 0 Å². The van der Waals surface area contributed by atoms with Crippen molar-refractivity contribution >= 4 is 21.8 Å². The molecule has 0 aliphatic rings. The minimum atomic E-state index is -6.08. The number of nitro benzene ring substituents is 1. The highest BCUT2D eigenvalue weighted by molar-refractivity contribution is 7.88. The monoisotopic (exact) mass is 405 g/mol. The van der Waals surface area contributed by atoms with E-state index in [4.69, 9.17) is 4.74 Å². The van der Waals surface area contributed by atoms with E-state index in [1.165, 1.54) is 0 Å². The summed E-state index contributed by atoms with van der Waals surface area (Å²) in [5, 5.41) is 10.8. The Balaban J connectivity index is 2.35. The number of non-ortho nitro benzene ring substituents is 1. The van der Waals surface area contributed by atoms with E-state index in [1.807, 2.05) is 0 Å². The standard InChI is InChI=1S/C15H10F3NO7S/c16-15(17,18)27(23,24)26-13-7-6-11(19(21)22)8-12(13)14(20)25-9-10-4-2-1-3-5-10/h1-8H,9H2. The Morgan fingerprint density at radius 1 is 1.11 bits per heavy atom. The molecule has 2 rings (SSSR count). The Hall–Kier alpha value is -3.15. The normalized spacial score (nSPS) is 11.7. The third-order valence-electron chi connectivity index (χ3n) is 3.09. The Morgan fingerprint density at radius 2 is 1.74 bits per heavy atom. The second-order valence-corrected chi connectivity index (χ2v) is 6.52. The van der Waals surface area contributed by atoms with E-state index in [0.29, 0.717) is 23.8 Å². The lowest BCUT2D eigenvalue weighted by Crippen LogP contribution is -2.28. The molecule has 0 fully saturated rings. The first-order chi connectivity index (χ1) is 12.5. The summed E-state index contributed by atoms with van der Waals surface area (Å²) >= 11 is 0. The van der Waals surface area contributed by atoms with Gasteiger partial charge in [0.1, 0.15) is 12.2 Å². The lowest BCUT2D eigenvalue weighted by molar-refractivity contribution is -0.384. The van der Waals surface area contributed by atoms with Gasteiger partial charge in [0, 0.05) is 12.1 Å². The Morgan fingerprint density at radius 3 is 2.30 bits per heavy atom. The van der Waals surface area contributed by atoms with E-state index in [1.54, 1.807) is 30.3 Å². The van der Waals surface area contributed by atoms with Crippen LogP contribution >= 0.6 is 0 Å². The molecule has 0 aliphatic heterocycles. The van der Waals surface area contributed by atoms with E-state index in [0.717, 1.165) is 0 Å². The highest BCUT2D eigenvalue weighted by Crippen LogP contribution is 2.31. The van der Waals surface area contributed by atoms with Crippen LogP contribution in [0.25, 0.3) is 0 Å². The number of hydrogen-bond acceptors (Lipinski definition) is 7. The second kappa shape index (κ2) is 7.61. The summed E-state index contributed by atoms with van der Waals surface area (Å²) in [6.07, 6.45) is 0. The van der Waals surface area contributed by atoms with Crippen LogP contribution in [0.3, 0.4) is 0 Å². The van der Waals surface area contributed by atoms with Crippen LogP contribution in [0.4, 0.5) is 18.9 Å². The van der Waals surface area contributed by atoms with Crippen LogP contribution in [0.1, 0.15) is 15.9 Å². The SMILES string of the molecule is O=C(OCc1ccccc1)c1cc([N+](=O)[O-])ccc1OS(=O)(=O)C(F)(F)F. The van der Waals surface area contributed by atoms with Gasteiger partial charge in [-0.2, -0.15) is 21.6 Å². The van der Waals surface area contributed by atoms with Gasteiger partial charge >= 0.3 is 21.6 Å². The van der Waals surface area contributed by atoms with E-state index in [9.17, 15) is 36.5 Å². The molecule has 2 aromatic carbocycles. The molecule has 144 valence electrons. The number of ether oxygens (including phenoxy) is 1. The van der Waals surface area contributed by atoms with Crippen LogP contribution in [0, 0.1) is 10.1 Å². The van der Waals surface area contributed by atoms with Crippen LogP contribution in [-0.4, -0.2) is 24.8 Å². The topological polar surface area (TPSA) is 113 Å². The molecule has 2 aromatic rings. The number of hydrogen-bond donors (Lipinski definition) is 0. The maximum atomic E-state index is 12.5. The van der Waals surface area contributed by atoms with Crippen LogP contribution in [0.5, 0.6) is 5.75 Å². The number of halogens is 3. The number of rotatable bonds is 6. The van der Waals surface area contributed by atoms with Gasteiger partial charge in [-0.3, -0.25) is 10.1 Å².